The molecule has 0 aromatic heterocycles. The first kappa shape index (κ1) is 20.7. The molecule has 2 heteroatoms. The Balaban J connectivity index is 1.91. The second kappa shape index (κ2) is 9.97. The van der Waals surface area contributed by atoms with E-state index in [0.717, 1.165) is 41.0 Å². The highest BCUT2D eigenvalue weighted by molar-refractivity contribution is 5.58. The van der Waals surface area contributed by atoms with Crippen LogP contribution in [0.5, 0.6) is 11.5 Å². The van der Waals surface area contributed by atoms with E-state index in [-0.39, 0.29) is 0 Å². The van der Waals surface area contributed by atoms with E-state index in [2.05, 4.69) is 51.6 Å². The second-order valence-electron chi connectivity index (χ2n) is 7.39. The van der Waals surface area contributed by atoms with Crippen LogP contribution in [0.3, 0.4) is 0 Å². The predicted molar refractivity (Wildman–Crippen MR) is 121 cm³/mol. The SMILES string of the molecule is C=CCCc1c(C)c(OCc2ccccc2)c(C)c(C)c1OCc1ccccc1. The summed E-state index contributed by atoms with van der Waals surface area (Å²) in [4.78, 5) is 0. The minimum absolute atomic E-state index is 0.561. The molecule has 150 valence electrons. The average Bonchev–Trinajstić information content (AvgIpc) is 2.76. The van der Waals surface area contributed by atoms with E-state index in [1.165, 1.54) is 16.7 Å². The smallest absolute Gasteiger partial charge is 0.126 e. The van der Waals surface area contributed by atoms with Gasteiger partial charge >= 0.3 is 0 Å². The third kappa shape index (κ3) is 5.08. The molecule has 0 spiro atoms. The summed E-state index contributed by atoms with van der Waals surface area (Å²) in [6, 6.07) is 20.6. The molecule has 0 aliphatic heterocycles. The summed E-state index contributed by atoms with van der Waals surface area (Å²) >= 11 is 0. The zero-order valence-corrected chi connectivity index (χ0v) is 17.7. The monoisotopic (exact) mass is 386 g/mol. The molecule has 0 saturated carbocycles. The molecule has 0 amide bonds. The van der Waals surface area contributed by atoms with Crippen LogP contribution in [-0.4, -0.2) is 0 Å². The van der Waals surface area contributed by atoms with Crippen molar-refractivity contribution in [2.75, 3.05) is 0 Å². The van der Waals surface area contributed by atoms with Crippen LogP contribution in [0.2, 0.25) is 0 Å². The Morgan fingerprint density at radius 3 is 1.69 bits per heavy atom. The Hall–Kier alpha value is -3.00. The third-order valence-electron chi connectivity index (χ3n) is 5.36. The number of hydrogen-bond acceptors (Lipinski definition) is 2. The van der Waals surface area contributed by atoms with Crippen LogP contribution in [0.1, 0.15) is 39.8 Å². The van der Waals surface area contributed by atoms with Gasteiger partial charge in [0.25, 0.3) is 0 Å². The number of hydrogen-bond donors (Lipinski definition) is 0. The van der Waals surface area contributed by atoms with Crippen LogP contribution in [-0.2, 0) is 19.6 Å². The predicted octanol–water partition coefficient (Wildman–Crippen LogP) is 6.89. The van der Waals surface area contributed by atoms with Crippen molar-refractivity contribution in [2.45, 2.75) is 46.8 Å². The van der Waals surface area contributed by atoms with Gasteiger partial charge in [0.2, 0.25) is 0 Å². The zero-order chi connectivity index (χ0) is 20.6. The van der Waals surface area contributed by atoms with Crippen molar-refractivity contribution in [1.29, 1.82) is 0 Å². The minimum Gasteiger partial charge on any atom is -0.488 e. The Kier molecular flexibility index (Phi) is 7.13. The molecule has 0 bridgehead atoms. The van der Waals surface area contributed by atoms with E-state index in [1.54, 1.807) is 0 Å². The summed E-state index contributed by atoms with van der Waals surface area (Å²) in [5.41, 5.74) is 7.00. The van der Waals surface area contributed by atoms with Gasteiger partial charge in [0, 0.05) is 5.56 Å². The van der Waals surface area contributed by atoms with Gasteiger partial charge < -0.3 is 9.47 Å². The fourth-order valence-corrected chi connectivity index (χ4v) is 3.57. The summed E-state index contributed by atoms with van der Waals surface area (Å²) in [6.45, 7) is 11.4. The fraction of sp³-hybridized carbons (Fsp3) is 0.259. The standard InChI is InChI=1S/C27H30O2/c1-5-6-17-25-22(4)26(28-18-23-13-9-7-10-14-23)20(2)21(3)27(25)29-19-24-15-11-8-12-16-24/h5,7-16H,1,6,17-19H2,2-4H3. The number of rotatable bonds is 9. The molecule has 3 rings (SSSR count). The quantitative estimate of drug-likeness (QED) is 0.373. The van der Waals surface area contributed by atoms with Crippen LogP contribution in [0.4, 0.5) is 0 Å². The lowest BCUT2D eigenvalue weighted by Crippen LogP contribution is -2.08. The summed E-state index contributed by atoms with van der Waals surface area (Å²) in [5.74, 6) is 1.95. The van der Waals surface area contributed by atoms with E-state index in [9.17, 15) is 0 Å². The third-order valence-corrected chi connectivity index (χ3v) is 5.36. The molecular formula is C27H30O2. The highest BCUT2D eigenvalue weighted by atomic mass is 16.5. The van der Waals surface area contributed by atoms with E-state index in [1.807, 2.05) is 42.5 Å². The van der Waals surface area contributed by atoms with E-state index < -0.39 is 0 Å². The van der Waals surface area contributed by atoms with Gasteiger partial charge in [-0.1, -0.05) is 66.7 Å². The normalized spacial score (nSPS) is 10.6. The Morgan fingerprint density at radius 1 is 0.690 bits per heavy atom. The van der Waals surface area contributed by atoms with Gasteiger partial charge in [0.05, 0.1) is 0 Å². The lowest BCUT2D eigenvalue weighted by molar-refractivity contribution is 0.289. The maximum Gasteiger partial charge on any atom is 0.126 e. The first-order valence-corrected chi connectivity index (χ1v) is 10.2. The van der Waals surface area contributed by atoms with Gasteiger partial charge in [-0.05, 0) is 61.4 Å². The topological polar surface area (TPSA) is 18.5 Å². The lowest BCUT2D eigenvalue weighted by atomic mass is 9.94. The van der Waals surface area contributed by atoms with Crippen molar-refractivity contribution in [3.63, 3.8) is 0 Å². The first-order valence-electron chi connectivity index (χ1n) is 10.2. The molecule has 0 aliphatic rings. The van der Waals surface area contributed by atoms with Crippen molar-refractivity contribution < 1.29 is 9.47 Å². The van der Waals surface area contributed by atoms with Crippen LogP contribution >= 0.6 is 0 Å². The summed E-state index contributed by atoms with van der Waals surface area (Å²) in [7, 11) is 0. The summed E-state index contributed by atoms with van der Waals surface area (Å²) < 4.78 is 12.6. The van der Waals surface area contributed by atoms with E-state index in [4.69, 9.17) is 9.47 Å². The van der Waals surface area contributed by atoms with Gasteiger partial charge in [-0.3, -0.25) is 0 Å². The van der Waals surface area contributed by atoms with E-state index in [0.29, 0.717) is 13.2 Å². The summed E-state index contributed by atoms with van der Waals surface area (Å²) in [6.07, 6.45) is 3.76. The van der Waals surface area contributed by atoms with Crippen LogP contribution in [0.25, 0.3) is 0 Å². The van der Waals surface area contributed by atoms with Gasteiger partial charge in [-0.15, -0.1) is 6.58 Å². The molecule has 2 nitrogen and oxygen atoms in total. The maximum absolute atomic E-state index is 6.34. The number of benzene rings is 3. The molecule has 0 atom stereocenters. The van der Waals surface area contributed by atoms with Gasteiger partial charge in [-0.2, -0.15) is 0 Å². The molecule has 3 aromatic rings. The minimum atomic E-state index is 0.561. The Labute approximate surface area is 174 Å². The molecule has 0 saturated heterocycles. The van der Waals surface area contributed by atoms with Crippen LogP contribution in [0.15, 0.2) is 73.3 Å². The highest BCUT2D eigenvalue weighted by Gasteiger charge is 2.19. The molecule has 0 aliphatic carbocycles. The molecule has 29 heavy (non-hydrogen) atoms. The second-order valence-corrected chi connectivity index (χ2v) is 7.39. The summed E-state index contributed by atoms with van der Waals surface area (Å²) in [5, 5.41) is 0. The molecular weight excluding hydrogens is 356 g/mol. The Morgan fingerprint density at radius 2 is 1.17 bits per heavy atom. The fourth-order valence-electron chi connectivity index (χ4n) is 3.57. The lowest BCUT2D eigenvalue weighted by Gasteiger charge is -2.23. The van der Waals surface area contributed by atoms with Gasteiger partial charge in [0.15, 0.2) is 0 Å². The number of allylic oxidation sites excluding steroid dienone is 1. The van der Waals surface area contributed by atoms with Crippen LogP contribution in [0, 0.1) is 20.8 Å². The molecule has 0 N–H and O–H groups in total. The molecule has 0 unspecified atom stereocenters. The van der Waals surface area contributed by atoms with Crippen molar-refractivity contribution in [3.05, 3.63) is 107 Å². The highest BCUT2D eigenvalue weighted by Crippen LogP contribution is 2.39. The van der Waals surface area contributed by atoms with Gasteiger partial charge in [-0.25, -0.2) is 0 Å². The average molecular weight is 387 g/mol. The maximum atomic E-state index is 6.34. The first-order chi connectivity index (χ1) is 14.1. The van der Waals surface area contributed by atoms with Crippen molar-refractivity contribution >= 4 is 0 Å². The molecule has 0 heterocycles. The van der Waals surface area contributed by atoms with Crippen molar-refractivity contribution in [3.8, 4) is 11.5 Å². The number of ether oxygens (including phenoxy) is 2. The molecule has 0 radical (unpaired) electrons. The van der Waals surface area contributed by atoms with Gasteiger partial charge in [0.1, 0.15) is 24.7 Å². The Bertz CT molecular complexity index is 944. The molecule has 3 aromatic carbocycles. The van der Waals surface area contributed by atoms with Crippen molar-refractivity contribution in [1.82, 2.24) is 0 Å². The molecule has 0 fully saturated rings. The van der Waals surface area contributed by atoms with E-state index >= 15 is 0 Å². The van der Waals surface area contributed by atoms with Crippen LogP contribution < -0.4 is 9.47 Å². The van der Waals surface area contributed by atoms with Crippen molar-refractivity contribution in [2.24, 2.45) is 0 Å². The largest absolute Gasteiger partial charge is 0.488 e. The zero-order valence-electron chi connectivity index (χ0n) is 17.7.